The Balaban J connectivity index is 1.21. The monoisotopic (exact) mass is 1180 g/mol. The van der Waals surface area contributed by atoms with Crippen LogP contribution in [0.3, 0.4) is 0 Å². The first-order valence-electron chi connectivity index (χ1n) is 27.3. The number of aliphatic imine (C=N–C) groups is 2. The van der Waals surface area contributed by atoms with E-state index in [4.69, 9.17) is 85.5 Å². The summed E-state index contributed by atoms with van der Waals surface area (Å²) < 4.78 is 63.4. The van der Waals surface area contributed by atoms with E-state index in [1.165, 1.54) is 0 Å². The minimum Gasteiger partial charge on any atom is -0.493 e. The molecule has 0 saturated carbocycles. The molecule has 16 rings (SSSR count). The molecule has 0 fully saturated rings. The molecule has 0 radical (unpaired) electrons. The fourth-order valence-electron chi connectivity index (χ4n) is 11.5. The number of ether oxygens (including phenoxy) is 10. The van der Waals surface area contributed by atoms with E-state index in [2.05, 4.69) is 24.3 Å². The summed E-state index contributed by atoms with van der Waals surface area (Å²) in [6, 6.07) is 58.1. The van der Waals surface area contributed by atoms with Gasteiger partial charge in [-0.05, 0) is 137 Å². The van der Waals surface area contributed by atoms with Crippen LogP contribution < -0.4 is 47.4 Å². The molecule has 10 aromatic carbocycles. The van der Waals surface area contributed by atoms with Crippen LogP contribution in [0.5, 0.6) is 69.0 Å². The highest BCUT2D eigenvalue weighted by molar-refractivity contribution is 6.54. The highest BCUT2D eigenvalue weighted by Gasteiger charge is 2.47. The summed E-state index contributed by atoms with van der Waals surface area (Å²) in [5.41, 5.74) is 6.89. The maximum absolute atomic E-state index is 8.01. The van der Waals surface area contributed by atoms with Crippen molar-refractivity contribution >= 4 is 56.2 Å². The van der Waals surface area contributed by atoms with E-state index in [9.17, 15) is 0 Å². The molecule has 0 N–H and O–H groups in total. The molecule has 1 aromatic heterocycles. The number of imidazole rings is 1. The molecule has 0 saturated heterocycles. The molecular formula is C70H54Cl2N4O10. The van der Waals surface area contributed by atoms with E-state index in [1.54, 1.807) is 69.0 Å². The quantitative estimate of drug-likeness (QED) is 0.116. The third-order valence-electron chi connectivity index (χ3n) is 15.5. The van der Waals surface area contributed by atoms with Gasteiger partial charge in [0.05, 0.1) is 89.7 Å². The fraction of sp³-hybridized carbons (Fsp3) is 0.129. The second-order valence-electron chi connectivity index (χ2n) is 20.1. The Morgan fingerprint density at radius 1 is 0.395 bits per heavy atom. The molecule has 0 unspecified atom stereocenters. The number of fused-ring (bicyclic) bond motifs is 2. The van der Waals surface area contributed by atoms with Crippen LogP contribution in [-0.4, -0.2) is 77.9 Å². The lowest BCUT2D eigenvalue weighted by atomic mass is 9.92. The van der Waals surface area contributed by atoms with Crippen molar-refractivity contribution in [2.24, 2.45) is 9.98 Å². The van der Waals surface area contributed by atoms with Crippen LogP contribution in [0.4, 0.5) is 0 Å². The van der Waals surface area contributed by atoms with Crippen molar-refractivity contribution in [3.63, 3.8) is 0 Å². The van der Waals surface area contributed by atoms with Gasteiger partial charge in [0.25, 0.3) is 5.79 Å². The molecular weight excluding hydrogens is 1130 g/mol. The van der Waals surface area contributed by atoms with Crippen LogP contribution in [-0.2, 0) is 5.79 Å². The Morgan fingerprint density at radius 2 is 0.814 bits per heavy atom. The molecule has 0 atom stereocenters. The lowest BCUT2D eigenvalue weighted by Crippen LogP contribution is -2.32. The SMILES string of the molecule is COc1ccc(C2=NC3(N=C2c2ccc(OC)c(OC)c2)c2ccc(cc2Cl)Oc2ccc4ccccc4c2-c2c(ccc4ccccc24)Oc2ccc(c(Cl)c2)-c2nc(-c4ccc(OC)c(OC)c4)c(-c4ccc(OC)c(OC)c4)n23)cc1OC. The molecule has 0 aliphatic carbocycles. The third-order valence-corrected chi connectivity index (χ3v) is 16.2. The summed E-state index contributed by atoms with van der Waals surface area (Å²) in [5.74, 6) is 4.22. The Bertz CT molecular complexity index is 4520. The summed E-state index contributed by atoms with van der Waals surface area (Å²) in [5, 5.41) is 4.42. The molecule has 11 aromatic rings. The van der Waals surface area contributed by atoms with Gasteiger partial charge in [0, 0.05) is 50.6 Å². The third kappa shape index (κ3) is 9.25. The van der Waals surface area contributed by atoms with Crippen LogP contribution in [0, 0.1) is 0 Å². The van der Waals surface area contributed by atoms with Crippen molar-refractivity contribution in [3.8, 4) is 114 Å². The zero-order valence-electron chi connectivity index (χ0n) is 47.9. The zero-order valence-corrected chi connectivity index (χ0v) is 49.5. The molecule has 5 aliphatic heterocycles. The van der Waals surface area contributed by atoms with Crippen molar-refractivity contribution in [2.75, 3.05) is 56.9 Å². The van der Waals surface area contributed by atoms with Crippen LogP contribution in [0.1, 0.15) is 16.7 Å². The first-order chi connectivity index (χ1) is 42.0. The number of methoxy groups -OCH3 is 8. The summed E-state index contributed by atoms with van der Waals surface area (Å²) in [4.78, 5) is 17.6. The zero-order chi connectivity index (χ0) is 59.4. The van der Waals surface area contributed by atoms with Gasteiger partial charge in [-0.15, -0.1) is 0 Å². The molecule has 16 heteroatoms. The second kappa shape index (κ2) is 22.4. The first kappa shape index (κ1) is 55.1. The predicted molar refractivity (Wildman–Crippen MR) is 337 cm³/mol. The Hall–Kier alpha value is -10.2. The van der Waals surface area contributed by atoms with Crippen molar-refractivity contribution in [2.45, 2.75) is 5.79 Å². The van der Waals surface area contributed by atoms with Gasteiger partial charge in [0.2, 0.25) is 0 Å². The van der Waals surface area contributed by atoms with E-state index in [0.717, 1.165) is 32.7 Å². The van der Waals surface area contributed by atoms with Gasteiger partial charge >= 0.3 is 0 Å². The average Bonchev–Trinajstić information content (AvgIpc) is 1.73. The topological polar surface area (TPSA) is 135 Å². The molecule has 5 aliphatic rings. The Morgan fingerprint density at radius 3 is 1.28 bits per heavy atom. The summed E-state index contributed by atoms with van der Waals surface area (Å²) in [7, 11) is 12.7. The molecule has 86 heavy (non-hydrogen) atoms. The number of hydrogen-bond acceptors (Lipinski definition) is 13. The van der Waals surface area contributed by atoms with Crippen LogP contribution >= 0.6 is 23.2 Å². The maximum Gasteiger partial charge on any atom is 0.263 e. The predicted octanol–water partition coefficient (Wildman–Crippen LogP) is 16.8. The number of halogens is 2. The highest BCUT2D eigenvalue weighted by Crippen LogP contribution is 2.54. The smallest absolute Gasteiger partial charge is 0.263 e. The number of hydrogen-bond donors (Lipinski definition) is 0. The molecule has 14 nitrogen and oxygen atoms in total. The van der Waals surface area contributed by atoms with Gasteiger partial charge < -0.3 is 47.4 Å². The normalized spacial score (nSPS) is 13.0. The van der Waals surface area contributed by atoms with E-state index in [0.29, 0.717) is 131 Å². The van der Waals surface area contributed by atoms with Crippen molar-refractivity contribution in [3.05, 3.63) is 209 Å². The largest absolute Gasteiger partial charge is 0.493 e. The number of nitrogens with zero attached hydrogens (tertiary/aromatic N) is 4. The van der Waals surface area contributed by atoms with E-state index < -0.39 is 5.79 Å². The van der Waals surface area contributed by atoms with Gasteiger partial charge in [0.1, 0.15) is 28.8 Å². The minimum atomic E-state index is -1.93. The molecule has 0 amide bonds. The van der Waals surface area contributed by atoms with Crippen LogP contribution in [0.25, 0.3) is 66.6 Å². The Labute approximate surface area is 505 Å². The van der Waals surface area contributed by atoms with E-state index >= 15 is 0 Å². The molecule has 428 valence electrons. The van der Waals surface area contributed by atoms with E-state index in [-0.39, 0.29) is 10.0 Å². The second-order valence-corrected chi connectivity index (χ2v) is 20.9. The molecule has 1 spiro atoms. The van der Waals surface area contributed by atoms with Gasteiger partial charge in [-0.1, -0.05) is 83.9 Å². The minimum absolute atomic E-state index is 0.239. The van der Waals surface area contributed by atoms with Gasteiger partial charge in [-0.3, -0.25) is 4.57 Å². The highest BCUT2D eigenvalue weighted by atomic mass is 35.5. The molecule has 4 bridgehead atoms. The first-order valence-corrected chi connectivity index (χ1v) is 28.0. The summed E-state index contributed by atoms with van der Waals surface area (Å²) in [6.07, 6.45) is 0. The van der Waals surface area contributed by atoms with Crippen molar-refractivity contribution < 1.29 is 47.4 Å². The number of aromatic nitrogens is 2. The fourth-order valence-corrected chi connectivity index (χ4v) is 12.1. The van der Waals surface area contributed by atoms with Gasteiger partial charge in [0.15, 0.2) is 46.0 Å². The van der Waals surface area contributed by atoms with Gasteiger partial charge in [-0.25, -0.2) is 15.0 Å². The summed E-state index contributed by atoms with van der Waals surface area (Å²) in [6.45, 7) is 0. The average molecular weight is 1180 g/mol. The van der Waals surface area contributed by atoms with Crippen LogP contribution in [0.15, 0.2) is 192 Å². The number of rotatable bonds is 12. The van der Waals surface area contributed by atoms with E-state index in [1.807, 2.05) is 150 Å². The maximum atomic E-state index is 8.01. The Kier molecular flexibility index (Phi) is 14.4. The number of benzene rings is 10. The van der Waals surface area contributed by atoms with Crippen molar-refractivity contribution in [1.29, 1.82) is 0 Å². The lowest BCUT2D eigenvalue weighted by Gasteiger charge is -2.31. The standard InChI is InChI=1S/C70H54Cl2N4O10/c1-77-53-27-19-41(33-59(53)81-5)65-66(42-20-28-54(78-2)60(34-42)82-6)75-70(74-65)50-26-24-46(38-52(50)72)86-58-32-18-40-14-10-12-16-48(40)64(58)63-47-15-11-9-13-39(47)17-31-57(63)85-45-23-25-49(51(71)37-45)69-73-67(43-21-29-55(79-3)61(35-43)83-7)68(76(69)70)44-22-30-56(80-4)62(36-44)84-8/h9-38H,1-8H3. The molecule has 6 heterocycles. The van der Waals surface area contributed by atoms with Crippen LogP contribution in [0.2, 0.25) is 10.0 Å². The summed E-state index contributed by atoms with van der Waals surface area (Å²) >= 11 is 15.8. The lowest BCUT2D eigenvalue weighted by molar-refractivity contribution is 0.355. The van der Waals surface area contributed by atoms with Crippen molar-refractivity contribution in [1.82, 2.24) is 9.55 Å². The van der Waals surface area contributed by atoms with Gasteiger partial charge in [-0.2, -0.15) is 0 Å².